The third-order valence-corrected chi connectivity index (χ3v) is 1.98. The number of hydrogen-bond donors (Lipinski definition) is 2. The Balaban J connectivity index is 2.63. The summed E-state index contributed by atoms with van der Waals surface area (Å²) in [6.45, 7) is 1.99. The van der Waals surface area contributed by atoms with Gasteiger partial charge in [-0.05, 0) is 24.6 Å². The summed E-state index contributed by atoms with van der Waals surface area (Å²) in [5, 5.41) is 7.78. The van der Waals surface area contributed by atoms with E-state index < -0.39 is 0 Å². The summed E-state index contributed by atoms with van der Waals surface area (Å²) in [5.74, 6) is 0.557. The van der Waals surface area contributed by atoms with Crippen LogP contribution >= 0.6 is 0 Å². The normalized spacial score (nSPS) is 11.5. The number of nitrogens with two attached hydrogens (primary N) is 1. The first-order valence-electron chi connectivity index (χ1n) is 4.17. The molecule has 0 aliphatic carbocycles. The largest absolute Gasteiger partial charge is 0.382 e. The summed E-state index contributed by atoms with van der Waals surface area (Å²) in [4.78, 5) is 0. The van der Waals surface area contributed by atoms with E-state index in [4.69, 9.17) is 5.73 Å². The third kappa shape index (κ3) is 1.28. The Morgan fingerprint density at radius 3 is 3.08 bits per heavy atom. The van der Waals surface area contributed by atoms with Crippen molar-refractivity contribution in [3.63, 3.8) is 0 Å². The van der Waals surface area contributed by atoms with Crippen LogP contribution in [0, 0.1) is 0 Å². The Hall–Kier alpha value is -1.77. The van der Waals surface area contributed by atoms with Crippen LogP contribution in [0.1, 0.15) is 12.5 Å². The van der Waals surface area contributed by atoms with Crippen LogP contribution in [0.3, 0.4) is 0 Å². The average molecular weight is 173 g/mol. The highest BCUT2D eigenvalue weighted by atomic mass is 15.1. The van der Waals surface area contributed by atoms with E-state index in [1.54, 1.807) is 0 Å². The van der Waals surface area contributed by atoms with Gasteiger partial charge in [0.25, 0.3) is 0 Å². The molecule has 0 spiro atoms. The fourth-order valence-electron chi connectivity index (χ4n) is 1.35. The number of fused-ring (bicyclic) bond motifs is 1. The summed E-state index contributed by atoms with van der Waals surface area (Å²) in [5.41, 5.74) is 7.77. The van der Waals surface area contributed by atoms with E-state index in [-0.39, 0.29) is 0 Å². The number of anilines is 1. The Kier molecular flexibility index (Phi) is 1.77. The van der Waals surface area contributed by atoms with Crippen LogP contribution in [0.2, 0.25) is 0 Å². The number of benzene rings is 1. The lowest BCUT2D eigenvalue weighted by Crippen LogP contribution is -1.83. The number of nitrogen functional groups attached to an aromatic ring is 1. The van der Waals surface area contributed by atoms with Gasteiger partial charge in [-0.2, -0.15) is 5.10 Å². The molecule has 3 nitrogen and oxygen atoms in total. The number of hydrogen-bond acceptors (Lipinski definition) is 2. The lowest BCUT2D eigenvalue weighted by molar-refractivity contribution is 1.13. The fourth-order valence-corrected chi connectivity index (χ4v) is 1.35. The van der Waals surface area contributed by atoms with E-state index >= 15 is 0 Å². The second-order valence-electron chi connectivity index (χ2n) is 2.91. The number of H-pyrrole nitrogens is 1. The Bertz CT molecular complexity index is 454. The zero-order chi connectivity index (χ0) is 9.26. The van der Waals surface area contributed by atoms with Crippen molar-refractivity contribution in [2.75, 3.05) is 5.73 Å². The van der Waals surface area contributed by atoms with Crippen LogP contribution in [0.4, 0.5) is 5.82 Å². The molecule has 0 radical (unpaired) electrons. The molecule has 1 aromatic carbocycles. The predicted octanol–water partition coefficient (Wildman–Crippen LogP) is 2.18. The molecule has 0 fully saturated rings. The van der Waals surface area contributed by atoms with Crippen molar-refractivity contribution in [3.05, 3.63) is 29.8 Å². The van der Waals surface area contributed by atoms with Crippen LogP contribution < -0.4 is 5.73 Å². The van der Waals surface area contributed by atoms with Gasteiger partial charge in [-0.15, -0.1) is 0 Å². The van der Waals surface area contributed by atoms with Crippen LogP contribution in [0.15, 0.2) is 24.3 Å². The van der Waals surface area contributed by atoms with Crippen molar-refractivity contribution in [3.8, 4) is 0 Å². The molecule has 66 valence electrons. The zero-order valence-electron chi connectivity index (χ0n) is 7.41. The highest BCUT2D eigenvalue weighted by molar-refractivity contribution is 5.89. The first-order chi connectivity index (χ1) is 6.31. The first kappa shape index (κ1) is 7.86. The molecule has 13 heavy (non-hydrogen) atoms. The number of rotatable bonds is 1. The van der Waals surface area contributed by atoms with E-state index in [9.17, 15) is 0 Å². The smallest absolute Gasteiger partial charge is 0.153 e. The summed E-state index contributed by atoms with van der Waals surface area (Å²) in [6, 6.07) is 6.02. The van der Waals surface area contributed by atoms with Crippen molar-refractivity contribution in [2.24, 2.45) is 0 Å². The summed E-state index contributed by atoms with van der Waals surface area (Å²) >= 11 is 0. The molecule has 3 N–H and O–H groups in total. The number of aromatic amines is 1. The number of aromatic nitrogens is 2. The molecular formula is C10H11N3. The standard InChI is InChI=1S/C10H11N3/c1-2-3-7-4-5-8-9(6-7)12-13-10(8)11/h2-6H,1H3,(H3,11,12,13). The van der Waals surface area contributed by atoms with Crippen molar-refractivity contribution in [1.82, 2.24) is 10.2 Å². The summed E-state index contributed by atoms with van der Waals surface area (Å²) in [7, 11) is 0. The van der Waals surface area contributed by atoms with Gasteiger partial charge in [-0.3, -0.25) is 5.10 Å². The minimum absolute atomic E-state index is 0.557. The molecule has 2 aromatic rings. The van der Waals surface area contributed by atoms with E-state index in [0.717, 1.165) is 16.5 Å². The van der Waals surface area contributed by atoms with Gasteiger partial charge < -0.3 is 5.73 Å². The van der Waals surface area contributed by atoms with Crippen LogP contribution in [-0.4, -0.2) is 10.2 Å². The molecule has 1 aromatic heterocycles. The molecule has 2 rings (SSSR count). The molecule has 0 amide bonds. The second kappa shape index (κ2) is 2.94. The number of nitrogens with zero attached hydrogens (tertiary/aromatic N) is 1. The van der Waals surface area contributed by atoms with Gasteiger partial charge in [0.1, 0.15) is 0 Å². The third-order valence-electron chi connectivity index (χ3n) is 1.98. The monoisotopic (exact) mass is 173 g/mol. The average Bonchev–Trinajstić information content (AvgIpc) is 2.48. The lowest BCUT2D eigenvalue weighted by atomic mass is 10.1. The first-order valence-corrected chi connectivity index (χ1v) is 4.17. The Morgan fingerprint density at radius 2 is 2.31 bits per heavy atom. The van der Waals surface area contributed by atoms with Gasteiger partial charge in [-0.1, -0.05) is 18.2 Å². The van der Waals surface area contributed by atoms with Gasteiger partial charge in [-0.25, -0.2) is 0 Å². The quantitative estimate of drug-likeness (QED) is 0.694. The topological polar surface area (TPSA) is 54.7 Å². The maximum Gasteiger partial charge on any atom is 0.153 e. The minimum atomic E-state index is 0.557. The predicted molar refractivity (Wildman–Crippen MR) is 55.2 cm³/mol. The Morgan fingerprint density at radius 1 is 1.46 bits per heavy atom. The van der Waals surface area contributed by atoms with Gasteiger partial charge in [0.15, 0.2) is 5.82 Å². The van der Waals surface area contributed by atoms with Gasteiger partial charge in [0.2, 0.25) is 0 Å². The highest BCUT2D eigenvalue weighted by Gasteiger charge is 2.00. The van der Waals surface area contributed by atoms with Crippen molar-refractivity contribution in [2.45, 2.75) is 6.92 Å². The number of allylic oxidation sites excluding steroid dienone is 1. The summed E-state index contributed by atoms with van der Waals surface area (Å²) in [6.07, 6.45) is 4.04. The lowest BCUT2D eigenvalue weighted by Gasteiger charge is -1.93. The molecule has 0 unspecified atom stereocenters. The Labute approximate surface area is 76.3 Å². The van der Waals surface area contributed by atoms with E-state index in [2.05, 4.69) is 10.2 Å². The van der Waals surface area contributed by atoms with Gasteiger partial charge in [0.05, 0.1) is 5.52 Å². The van der Waals surface area contributed by atoms with E-state index in [0.29, 0.717) is 5.82 Å². The second-order valence-corrected chi connectivity index (χ2v) is 2.91. The molecule has 1 heterocycles. The maximum absolute atomic E-state index is 5.64. The molecule has 0 atom stereocenters. The van der Waals surface area contributed by atoms with Crippen LogP contribution in [0.25, 0.3) is 17.0 Å². The molecule has 0 aliphatic rings. The fraction of sp³-hybridized carbons (Fsp3) is 0.100. The molecule has 0 bridgehead atoms. The molecule has 3 heteroatoms. The highest BCUT2D eigenvalue weighted by Crippen LogP contribution is 2.19. The summed E-state index contributed by atoms with van der Waals surface area (Å²) < 4.78 is 0. The van der Waals surface area contributed by atoms with Crippen molar-refractivity contribution >= 4 is 22.8 Å². The number of nitrogens with one attached hydrogen (secondary N) is 1. The maximum atomic E-state index is 5.64. The van der Waals surface area contributed by atoms with E-state index in [1.807, 2.05) is 37.3 Å². The van der Waals surface area contributed by atoms with E-state index in [1.165, 1.54) is 0 Å². The van der Waals surface area contributed by atoms with Gasteiger partial charge in [0, 0.05) is 5.39 Å². The van der Waals surface area contributed by atoms with Crippen molar-refractivity contribution < 1.29 is 0 Å². The molecule has 0 saturated carbocycles. The molecular weight excluding hydrogens is 162 g/mol. The molecule has 0 aliphatic heterocycles. The molecule has 0 saturated heterocycles. The van der Waals surface area contributed by atoms with Crippen molar-refractivity contribution in [1.29, 1.82) is 0 Å². The SMILES string of the molecule is CC=Cc1ccc2c(N)n[nH]c2c1. The minimum Gasteiger partial charge on any atom is -0.382 e. The van der Waals surface area contributed by atoms with Gasteiger partial charge >= 0.3 is 0 Å². The van der Waals surface area contributed by atoms with Crippen LogP contribution in [-0.2, 0) is 0 Å². The zero-order valence-corrected chi connectivity index (χ0v) is 7.41. The van der Waals surface area contributed by atoms with Crippen LogP contribution in [0.5, 0.6) is 0 Å².